The fraction of sp³-hybridized carbons (Fsp3) is 1.00. The van der Waals surface area contributed by atoms with Gasteiger partial charge in [-0.1, -0.05) is 0 Å². The molecule has 2 aliphatic heterocycles. The highest BCUT2D eigenvalue weighted by Gasteiger charge is 2.38. The van der Waals surface area contributed by atoms with Gasteiger partial charge in [-0.15, -0.1) is 0 Å². The van der Waals surface area contributed by atoms with E-state index in [1.807, 2.05) is 6.92 Å². The summed E-state index contributed by atoms with van der Waals surface area (Å²) in [6.45, 7) is 8.21. The number of nitrogens with zero attached hydrogens (tertiary/aromatic N) is 1. The van der Waals surface area contributed by atoms with E-state index in [1.165, 1.54) is 25.7 Å². The lowest BCUT2D eigenvalue weighted by molar-refractivity contribution is -0.0244. The summed E-state index contributed by atoms with van der Waals surface area (Å²) in [5, 5.41) is 13.5. The summed E-state index contributed by atoms with van der Waals surface area (Å²) in [6, 6.07) is 0.776. The predicted molar refractivity (Wildman–Crippen MR) is 79.7 cm³/mol. The number of likely N-dealkylation sites (tertiary alicyclic amines) is 1. The molecule has 3 fully saturated rings. The average molecular weight is 282 g/mol. The van der Waals surface area contributed by atoms with Gasteiger partial charge >= 0.3 is 0 Å². The zero-order chi connectivity index (χ0) is 14.0. The summed E-state index contributed by atoms with van der Waals surface area (Å²) in [5.41, 5.74) is 0.300. The lowest BCUT2D eigenvalue weighted by Gasteiger charge is -2.40. The molecule has 2 saturated heterocycles. The van der Waals surface area contributed by atoms with Crippen LogP contribution in [-0.4, -0.2) is 61.5 Å². The Kier molecular flexibility index (Phi) is 4.65. The second kappa shape index (κ2) is 6.30. The van der Waals surface area contributed by atoms with Crippen molar-refractivity contribution >= 4 is 0 Å². The van der Waals surface area contributed by atoms with Gasteiger partial charge < -0.3 is 20.1 Å². The fourth-order valence-electron chi connectivity index (χ4n) is 3.75. The summed E-state index contributed by atoms with van der Waals surface area (Å²) in [6.07, 6.45) is 6.16. The minimum absolute atomic E-state index is 0.164. The fourth-order valence-corrected chi connectivity index (χ4v) is 3.75. The zero-order valence-corrected chi connectivity index (χ0v) is 12.8. The molecule has 1 saturated carbocycles. The van der Waals surface area contributed by atoms with Gasteiger partial charge in [0.05, 0.1) is 12.7 Å². The van der Waals surface area contributed by atoms with Crippen LogP contribution in [0.5, 0.6) is 0 Å². The first-order valence-electron chi connectivity index (χ1n) is 8.38. The van der Waals surface area contributed by atoms with Gasteiger partial charge in [0.15, 0.2) is 0 Å². The second-order valence-electron chi connectivity index (χ2n) is 7.34. The highest BCUT2D eigenvalue weighted by Crippen LogP contribution is 2.33. The van der Waals surface area contributed by atoms with Gasteiger partial charge in [-0.2, -0.15) is 0 Å². The van der Waals surface area contributed by atoms with Crippen molar-refractivity contribution in [3.8, 4) is 0 Å². The van der Waals surface area contributed by atoms with Crippen LogP contribution in [0.1, 0.15) is 39.0 Å². The average Bonchev–Trinajstić information content (AvgIpc) is 3.16. The SMILES string of the molecule is CC(O)C1CCN(CC2(CNC3CC3)CCCOC2)C1. The molecule has 0 radical (unpaired) electrons. The first-order valence-corrected chi connectivity index (χ1v) is 8.38. The molecule has 3 aliphatic rings. The molecule has 2 heterocycles. The van der Waals surface area contributed by atoms with Crippen molar-refractivity contribution in [2.45, 2.75) is 51.2 Å². The molecule has 3 atom stereocenters. The number of rotatable bonds is 6. The summed E-state index contributed by atoms with van der Waals surface area (Å²) in [5.74, 6) is 0.466. The van der Waals surface area contributed by atoms with Gasteiger partial charge in [0, 0.05) is 37.7 Å². The number of hydrogen-bond donors (Lipinski definition) is 2. The molecule has 3 rings (SSSR count). The van der Waals surface area contributed by atoms with Gasteiger partial charge in [0.1, 0.15) is 0 Å². The summed E-state index contributed by atoms with van der Waals surface area (Å²) >= 11 is 0. The summed E-state index contributed by atoms with van der Waals surface area (Å²) in [7, 11) is 0. The van der Waals surface area contributed by atoms with E-state index in [4.69, 9.17) is 4.74 Å². The number of aliphatic hydroxyl groups is 1. The standard InChI is InChI=1S/C16H30N2O2/c1-13(19)14-5-7-18(9-14)11-16(6-2-8-20-12-16)10-17-15-3-4-15/h13-15,17,19H,2-12H2,1H3. The lowest BCUT2D eigenvalue weighted by Crippen LogP contribution is -2.49. The highest BCUT2D eigenvalue weighted by atomic mass is 16.5. The minimum atomic E-state index is -0.164. The molecule has 0 aromatic carbocycles. The molecule has 116 valence electrons. The quantitative estimate of drug-likeness (QED) is 0.769. The van der Waals surface area contributed by atoms with Gasteiger partial charge in [-0.25, -0.2) is 0 Å². The van der Waals surface area contributed by atoms with Crippen molar-refractivity contribution in [2.24, 2.45) is 11.3 Å². The van der Waals surface area contributed by atoms with Crippen molar-refractivity contribution in [1.82, 2.24) is 10.2 Å². The molecule has 2 N–H and O–H groups in total. The van der Waals surface area contributed by atoms with Crippen LogP contribution in [0.3, 0.4) is 0 Å². The Bertz CT molecular complexity index is 312. The Hall–Kier alpha value is -0.160. The number of aliphatic hydroxyl groups excluding tert-OH is 1. The predicted octanol–water partition coefficient (Wildman–Crippen LogP) is 1.24. The molecular formula is C16H30N2O2. The molecule has 20 heavy (non-hydrogen) atoms. The lowest BCUT2D eigenvalue weighted by atomic mass is 9.81. The third-order valence-corrected chi connectivity index (χ3v) is 5.30. The van der Waals surface area contributed by atoms with Gasteiger partial charge in [-0.05, 0) is 51.5 Å². The van der Waals surface area contributed by atoms with Gasteiger partial charge in [0.25, 0.3) is 0 Å². The van der Waals surface area contributed by atoms with E-state index in [0.29, 0.717) is 11.3 Å². The van der Waals surface area contributed by atoms with E-state index in [-0.39, 0.29) is 6.10 Å². The van der Waals surface area contributed by atoms with Crippen molar-refractivity contribution in [2.75, 3.05) is 39.4 Å². The molecule has 0 bridgehead atoms. The topological polar surface area (TPSA) is 44.7 Å². The van der Waals surface area contributed by atoms with Crippen LogP contribution < -0.4 is 5.32 Å². The number of hydrogen-bond acceptors (Lipinski definition) is 4. The van der Waals surface area contributed by atoms with Crippen molar-refractivity contribution in [3.63, 3.8) is 0 Å². The van der Waals surface area contributed by atoms with Crippen molar-refractivity contribution in [3.05, 3.63) is 0 Å². The van der Waals surface area contributed by atoms with Gasteiger partial charge in [-0.3, -0.25) is 0 Å². The third kappa shape index (κ3) is 3.73. The molecule has 0 aromatic heterocycles. The van der Waals surface area contributed by atoms with Crippen LogP contribution in [0.4, 0.5) is 0 Å². The summed E-state index contributed by atoms with van der Waals surface area (Å²) in [4.78, 5) is 2.56. The Labute approximate surface area is 122 Å². The van der Waals surface area contributed by atoms with E-state index in [9.17, 15) is 5.11 Å². The molecule has 0 spiro atoms. The summed E-state index contributed by atoms with van der Waals surface area (Å²) < 4.78 is 5.81. The monoisotopic (exact) mass is 282 g/mol. The van der Waals surface area contributed by atoms with Crippen molar-refractivity contribution in [1.29, 1.82) is 0 Å². The highest BCUT2D eigenvalue weighted by molar-refractivity contribution is 4.93. The molecular weight excluding hydrogens is 252 g/mol. The Morgan fingerprint density at radius 2 is 2.25 bits per heavy atom. The Morgan fingerprint density at radius 1 is 1.40 bits per heavy atom. The molecule has 3 unspecified atom stereocenters. The van der Waals surface area contributed by atoms with Crippen LogP contribution in [0.25, 0.3) is 0 Å². The molecule has 4 nitrogen and oxygen atoms in total. The normalized spacial score (nSPS) is 37.2. The largest absolute Gasteiger partial charge is 0.393 e. The first kappa shape index (κ1) is 14.8. The van der Waals surface area contributed by atoms with Crippen molar-refractivity contribution < 1.29 is 9.84 Å². The van der Waals surface area contributed by atoms with E-state index >= 15 is 0 Å². The van der Waals surface area contributed by atoms with Crippen LogP contribution >= 0.6 is 0 Å². The van der Waals surface area contributed by atoms with Gasteiger partial charge in [0.2, 0.25) is 0 Å². The van der Waals surface area contributed by atoms with E-state index in [2.05, 4.69) is 10.2 Å². The second-order valence-corrected chi connectivity index (χ2v) is 7.34. The molecule has 0 aromatic rings. The number of nitrogens with one attached hydrogen (secondary N) is 1. The third-order valence-electron chi connectivity index (χ3n) is 5.30. The molecule has 4 heteroatoms. The van der Waals surface area contributed by atoms with Crippen LogP contribution in [0.15, 0.2) is 0 Å². The first-order chi connectivity index (χ1) is 9.67. The van der Waals surface area contributed by atoms with E-state index < -0.39 is 0 Å². The maximum Gasteiger partial charge on any atom is 0.0552 e. The molecule has 0 amide bonds. The Morgan fingerprint density at radius 3 is 2.85 bits per heavy atom. The molecule has 1 aliphatic carbocycles. The van der Waals surface area contributed by atoms with E-state index in [1.54, 1.807) is 0 Å². The van der Waals surface area contributed by atoms with Crippen LogP contribution in [0.2, 0.25) is 0 Å². The maximum atomic E-state index is 9.76. The smallest absolute Gasteiger partial charge is 0.0552 e. The van der Waals surface area contributed by atoms with Crippen LogP contribution in [0, 0.1) is 11.3 Å². The maximum absolute atomic E-state index is 9.76. The van der Waals surface area contributed by atoms with E-state index in [0.717, 1.165) is 51.9 Å². The van der Waals surface area contributed by atoms with Crippen LogP contribution in [-0.2, 0) is 4.74 Å². The number of ether oxygens (including phenoxy) is 1. The Balaban J connectivity index is 1.55. The minimum Gasteiger partial charge on any atom is -0.393 e. The zero-order valence-electron chi connectivity index (χ0n) is 12.8.